The van der Waals surface area contributed by atoms with E-state index in [2.05, 4.69) is 39.9 Å². The van der Waals surface area contributed by atoms with Crippen molar-refractivity contribution in [3.63, 3.8) is 0 Å². The summed E-state index contributed by atoms with van der Waals surface area (Å²) in [5.41, 5.74) is 4.54. The van der Waals surface area contributed by atoms with Crippen molar-refractivity contribution in [3.8, 4) is 5.69 Å². The van der Waals surface area contributed by atoms with Crippen LogP contribution in [0, 0.1) is 5.92 Å². The highest BCUT2D eigenvalue weighted by atomic mass is 32.1. The van der Waals surface area contributed by atoms with E-state index in [1.807, 2.05) is 44.2 Å². The van der Waals surface area contributed by atoms with E-state index in [0.29, 0.717) is 0 Å². The first-order chi connectivity index (χ1) is 13.5. The maximum absolute atomic E-state index is 11.7. The number of hydrogen-bond donors (Lipinski definition) is 2. The van der Waals surface area contributed by atoms with E-state index in [1.165, 1.54) is 18.4 Å². The van der Waals surface area contributed by atoms with E-state index in [0.717, 1.165) is 28.8 Å². The molecule has 6 nitrogen and oxygen atoms in total. The van der Waals surface area contributed by atoms with Gasteiger partial charge in [0.1, 0.15) is 11.0 Å². The SMILES string of the molecule is CCCCc1ccc(-n2nc3ccc(NC(=S)NC(=O)C(C)C)cc3n2)cc1. The minimum Gasteiger partial charge on any atom is -0.332 e. The Labute approximate surface area is 170 Å². The Bertz CT molecular complexity index is 978. The monoisotopic (exact) mass is 395 g/mol. The van der Waals surface area contributed by atoms with Gasteiger partial charge in [0.15, 0.2) is 5.11 Å². The molecule has 0 fully saturated rings. The molecular formula is C21H25N5OS. The zero-order valence-corrected chi connectivity index (χ0v) is 17.2. The van der Waals surface area contributed by atoms with Crippen LogP contribution in [0.3, 0.4) is 0 Å². The number of aromatic nitrogens is 3. The lowest BCUT2D eigenvalue weighted by molar-refractivity contribution is -0.122. The molecule has 146 valence electrons. The van der Waals surface area contributed by atoms with Gasteiger partial charge < -0.3 is 10.6 Å². The van der Waals surface area contributed by atoms with E-state index >= 15 is 0 Å². The number of fused-ring (bicyclic) bond motifs is 1. The molecular weight excluding hydrogens is 370 g/mol. The second kappa shape index (κ2) is 8.93. The lowest BCUT2D eigenvalue weighted by atomic mass is 10.1. The molecule has 3 aromatic rings. The van der Waals surface area contributed by atoms with E-state index < -0.39 is 0 Å². The van der Waals surface area contributed by atoms with Gasteiger partial charge in [0.2, 0.25) is 5.91 Å². The van der Waals surface area contributed by atoms with Gasteiger partial charge in [-0.2, -0.15) is 4.80 Å². The van der Waals surface area contributed by atoms with Crippen LogP contribution >= 0.6 is 12.2 Å². The number of rotatable bonds is 6. The molecule has 0 saturated carbocycles. The van der Waals surface area contributed by atoms with E-state index in [-0.39, 0.29) is 16.9 Å². The Morgan fingerprint density at radius 3 is 2.50 bits per heavy atom. The smallest absolute Gasteiger partial charge is 0.228 e. The summed E-state index contributed by atoms with van der Waals surface area (Å²) in [5.74, 6) is -0.248. The van der Waals surface area contributed by atoms with Crippen molar-refractivity contribution < 1.29 is 4.79 Å². The molecule has 0 aliphatic heterocycles. The van der Waals surface area contributed by atoms with Crippen LogP contribution in [0.5, 0.6) is 0 Å². The summed E-state index contributed by atoms with van der Waals surface area (Å²) in [5, 5.41) is 15.1. The average Bonchev–Trinajstić information content (AvgIpc) is 3.10. The molecule has 7 heteroatoms. The van der Waals surface area contributed by atoms with Crippen LogP contribution in [0.2, 0.25) is 0 Å². The molecule has 0 bridgehead atoms. The number of hydrogen-bond acceptors (Lipinski definition) is 4. The average molecular weight is 396 g/mol. The molecule has 1 aromatic heterocycles. The van der Waals surface area contributed by atoms with Gasteiger partial charge in [-0.25, -0.2) is 0 Å². The number of anilines is 1. The standard InChI is InChI=1S/C21H25N5OS/c1-4-5-6-15-7-10-17(11-8-15)26-24-18-12-9-16(13-19(18)25-26)22-21(28)23-20(27)14(2)3/h7-14H,4-6H2,1-3H3,(H2,22,23,27,28). The molecule has 0 aliphatic carbocycles. The van der Waals surface area contributed by atoms with Crippen molar-refractivity contribution in [2.45, 2.75) is 40.0 Å². The first-order valence-corrected chi connectivity index (χ1v) is 9.95. The van der Waals surface area contributed by atoms with E-state index in [1.54, 1.807) is 4.80 Å². The summed E-state index contributed by atoms with van der Waals surface area (Å²) in [6, 6.07) is 13.9. The summed E-state index contributed by atoms with van der Waals surface area (Å²) in [7, 11) is 0. The predicted octanol–water partition coefficient (Wildman–Crippen LogP) is 4.23. The quantitative estimate of drug-likeness (QED) is 0.611. The Kier molecular flexibility index (Phi) is 6.36. The molecule has 1 heterocycles. The van der Waals surface area contributed by atoms with Gasteiger partial charge in [-0.3, -0.25) is 4.79 Å². The van der Waals surface area contributed by atoms with Gasteiger partial charge in [-0.1, -0.05) is 39.3 Å². The second-order valence-corrected chi connectivity index (χ2v) is 7.47. The number of unbranched alkanes of at least 4 members (excludes halogenated alkanes) is 1. The molecule has 2 aromatic carbocycles. The van der Waals surface area contributed by atoms with Crippen LogP contribution in [0.25, 0.3) is 16.7 Å². The fraction of sp³-hybridized carbons (Fsp3) is 0.333. The molecule has 0 atom stereocenters. The van der Waals surface area contributed by atoms with Crippen LogP contribution in [0.1, 0.15) is 39.2 Å². The van der Waals surface area contributed by atoms with Gasteiger partial charge in [-0.15, -0.1) is 10.2 Å². The van der Waals surface area contributed by atoms with Crippen molar-refractivity contribution in [2.75, 3.05) is 5.32 Å². The lowest BCUT2D eigenvalue weighted by Crippen LogP contribution is -2.36. The fourth-order valence-electron chi connectivity index (χ4n) is 2.70. The number of thiocarbonyl (C=S) groups is 1. The van der Waals surface area contributed by atoms with Gasteiger partial charge in [-0.05, 0) is 61.0 Å². The molecule has 2 N–H and O–H groups in total. The highest BCUT2D eigenvalue weighted by molar-refractivity contribution is 7.80. The number of nitrogens with zero attached hydrogens (tertiary/aromatic N) is 3. The normalized spacial score (nSPS) is 11.0. The van der Waals surface area contributed by atoms with Gasteiger partial charge in [0.25, 0.3) is 0 Å². The predicted molar refractivity (Wildman–Crippen MR) is 117 cm³/mol. The Morgan fingerprint density at radius 1 is 1.11 bits per heavy atom. The third-order valence-corrected chi connectivity index (χ3v) is 4.59. The summed E-state index contributed by atoms with van der Waals surface area (Å²) in [6.45, 7) is 5.83. The second-order valence-electron chi connectivity index (χ2n) is 7.06. The highest BCUT2D eigenvalue weighted by Gasteiger charge is 2.10. The van der Waals surface area contributed by atoms with Crippen LogP contribution < -0.4 is 10.6 Å². The highest BCUT2D eigenvalue weighted by Crippen LogP contribution is 2.18. The molecule has 0 spiro atoms. The van der Waals surface area contributed by atoms with Gasteiger partial charge in [0, 0.05) is 11.6 Å². The van der Waals surface area contributed by atoms with Crippen molar-refractivity contribution in [3.05, 3.63) is 48.0 Å². The first kappa shape index (κ1) is 19.9. The number of nitrogens with one attached hydrogen (secondary N) is 2. The fourth-order valence-corrected chi connectivity index (χ4v) is 2.92. The van der Waals surface area contributed by atoms with Crippen LogP contribution in [-0.4, -0.2) is 26.0 Å². The molecule has 0 unspecified atom stereocenters. The summed E-state index contributed by atoms with van der Waals surface area (Å²) < 4.78 is 0. The number of aryl methyl sites for hydroxylation is 1. The summed E-state index contributed by atoms with van der Waals surface area (Å²) >= 11 is 5.19. The lowest BCUT2D eigenvalue weighted by Gasteiger charge is -2.10. The maximum Gasteiger partial charge on any atom is 0.228 e. The maximum atomic E-state index is 11.7. The summed E-state index contributed by atoms with van der Waals surface area (Å²) in [4.78, 5) is 13.4. The van der Waals surface area contributed by atoms with Crippen molar-refractivity contribution in [1.29, 1.82) is 0 Å². The number of amides is 1. The largest absolute Gasteiger partial charge is 0.332 e. The van der Waals surface area contributed by atoms with E-state index in [9.17, 15) is 4.79 Å². The number of carbonyl (C=O) groups is 1. The minimum absolute atomic E-state index is 0.119. The zero-order chi connectivity index (χ0) is 20.1. The molecule has 28 heavy (non-hydrogen) atoms. The Hall–Kier alpha value is -2.80. The van der Waals surface area contributed by atoms with E-state index in [4.69, 9.17) is 12.2 Å². The third kappa shape index (κ3) is 4.92. The van der Waals surface area contributed by atoms with Crippen molar-refractivity contribution in [1.82, 2.24) is 20.3 Å². The molecule has 0 saturated heterocycles. The number of carbonyl (C=O) groups excluding carboxylic acids is 1. The van der Waals surface area contributed by atoms with Crippen molar-refractivity contribution >= 4 is 40.0 Å². The van der Waals surface area contributed by atoms with Crippen molar-refractivity contribution in [2.24, 2.45) is 5.92 Å². The number of benzene rings is 2. The molecule has 1 amide bonds. The van der Waals surface area contributed by atoms with Crippen LogP contribution in [0.15, 0.2) is 42.5 Å². The third-order valence-electron chi connectivity index (χ3n) is 4.39. The Morgan fingerprint density at radius 2 is 1.82 bits per heavy atom. The van der Waals surface area contributed by atoms with Crippen LogP contribution in [0.4, 0.5) is 5.69 Å². The Balaban J connectivity index is 1.73. The molecule has 0 radical (unpaired) electrons. The molecule has 0 aliphatic rings. The topological polar surface area (TPSA) is 71.8 Å². The van der Waals surface area contributed by atoms with Gasteiger partial charge in [0.05, 0.1) is 5.69 Å². The summed E-state index contributed by atoms with van der Waals surface area (Å²) in [6.07, 6.45) is 3.47. The zero-order valence-electron chi connectivity index (χ0n) is 16.4. The minimum atomic E-state index is -0.129. The first-order valence-electron chi connectivity index (χ1n) is 9.54. The van der Waals surface area contributed by atoms with Crippen LogP contribution in [-0.2, 0) is 11.2 Å². The molecule has 3 rings (SSSR count). The van der Waals surface area contributed by atoms with Gasteiger partial charge >= 0.3 is 0 Å².